The second kappa shape index (κ2) is 11.7. The molecular formula is C29H35N3O4. The van der Waals surface area contributed by atoms with Gasteiger partial charge >= 0.3 is 12.0 Å². The normalized spacial score (nSPS) is 11.8. The molecule has 36 heavy (non-hydrogen) atoms. The van der Waals surface area contributed by atoms with Gasteiger partial charge in [-0.25, -0.2) is 9.59 Å². The van der Waals surface area contributed by atoms with Gasteiger partial charge in [0.15, 0.2) is 0 Å². The van der Waals surface area contributed by atoms with Gasteiger partial charge in [0.05, 0.1) is 18.4 Å². The minimum absolute atomic E-state index is 0.264. The van der Waals surface area contributed by atoms with Crippen molar-refractivity contribution in [2.75, 3.05) is 17.7 Å². The van der Waals surface area contributed by atoms with Crippen molar-refractivity contribution >= 4 is 40.1 Å². The number of methoxy groups -OCH3 is 1. The summed E-state index contributed by atoms with van der Waals surface area (Å²) in [4.78, 5) is 38.7. The molecule has 3 N–H and O–H groups in total. The van der Waals surface area contributed by atoms with Crippen molar-refractivity contribution < 1.29 is 19.1 Å². The smallest absolute Gasteiger partial charge is 0.328 e. The summed E-state index contributed by atoms with van der Waals surface area (Å²) >= 11 is 0. The maximum absolute atomic E-state index is 13.4. The lowest BCUT2D eigenvalue weighted by Gasteiger charge is -2.19. The highest BCUT2D eigenvalue weighted by Gasteiger charge is 2.24. The van der Waals surface area contributed by atoms with Crippen LogP contribution in [0.1, 0.15) is 53.7 Å². The van der Waals surface area contributed by atoms with E-state index in [0.717, 1.165) is 39.6 Å². The van der Waals surface area contributed by atoms with E-state index in [1.54, 1.807) is 12.1 Å². The average Bonchev–Trinajstić information content (AvgIpc) is 2.82. The fourth-order valence-corrected chi connectivity index (χ4v) is 4.30. The van der Waals surface area contributed by atoms with Crippen LogP contribution in [0.25, 0.3) is 10.8 Å². The van der Waals surface area contributed by atoms with Crippen molar-refractivity contribution in [2.24, 2.45) is 5.92 Å². The minimum atomic E-state index is -0.782. The molecule has 0 radical (unpaired) electrons. The molecule has 0 saturated carbocycles. The van der Waals surface area contributed by atoms with E-state index in [1.807, 2.05) is 57.2 Å². The summed E-state index contributed by atoms with van der Waals surface area (Å²) in [6, 6.07) is 13.8. The molecule has 0 aromatic heterocycles. The molecule has 3 rings (SSSR count). The number of urea groups is 1. The standard InChI is InChI=1S/C29H35N3O4/c1-17(2)11-12-24(28(34)36-6)30-27(33)23-15-21-9-7-8-10-22(21)16-25(23)31-29(35)32-26-19(4)13-18(3)14-20(26)5/h7-10,13-17,24H,11-12H2,1-6H3,(H,30,33)(H2,31,32,35)/t24-/m0/s1. The molecule has 7 nitrogen and oxygen atoms in total. The van der Waals surface area contributed by atoms with Crippen molar-refractivity contribution in [3.8, 4) is 0 Å². The highest BCUT2D eigenvalue weighted by atomic mass is 16.5. The summed E-state index contributed by atoms with van der Waals surface area (Å²) in [7, 11) is 1.30. The average molecular weight is 490 g/mol. The quantitative estimate of drug-likeness (QED) is 0.332. The number of aryl methyl sites for hydroxylation is 3. The van der Waals surface area contributed by atoms with Crippen molar-refractivity contribution in [1.82, 2.24) is 5.32 Å². The lowest BCUT2D eigenvalue weighted by Crippen LogP contribution is -2.42. The predicted molar refractivity (Wildman–Crippen MR) is 145 cm³/mol. The number of rotatable bonds is 8. The monoisotopic (exact) mass is 489 g/mol. The van der Waals surface area contributed by atoms with E-state index in [9.17, 15) is 14.4 Å². The Balaban J connectivity index is 1.91. The van der Waals surface area contributed by atoms with Gasteiger partial charge in [-0.15, -0.1) is 0 Å². The Morgan fingerprint density at radius 1 is 0.861 bits per heavy atom. The number of carbonyl (C=O) groups excluding carboxylic acids is 3. The SMILES string of the molecule is COC(=O)[C@H](CCC(C)C)NC(=O)c1cc2ccccc2cc1NC(=O)Nc1c(C)cc(C)cc1C. The van der Waals surface area contributed by atoms with Crippen LogP contribution < -0.4 is 16.0 Å². The van der Waals surface area contributed by atoms with Gasteiger partial charge in [0.2, 0.25) is 0 Å². The predicted octanol–water partition coefficient (Wildman–Crippen LogP) is 6.12. The Labute approximate surface area is 212 Å². The lowest BCUT2D eigenvalue weighted by molar-refractivity contribution is -0.143. The Kier molecular flexibility index (Phi) is 8.69. The molecule has 3 aromatic rings. The van der Waals surface area contributed by atoms with E-state index in [4.69, 9.17) is 4.74 Å². The molecule has 0 spiro atoms. The number of hydrogen-bond acceptors (Lipinski definition) is 4. The third-order valence-electron chi connectivity index (χ3n) is 6.12. The van der Waals surface area contributed by atoms with E-state index < -0.39 is 23.9 Å². The molecule has 1 atom stereocenters. The number of hydrogen-bond donors (Lipinski definition) is 3. The second-order valence-electron chi connectivity index (χ2n) is 9.62. The second-order valence-corrected chi connectivity index (χ2v) is 9.62. The summed E-state index contributed by atoms with van der Waals surface area (Å²) in [5.41, 5.74) is 4.35. The molecule has 0 heterocycles. The maximum Gasteiger partial charge on any atom is 0.328 e. The zero-order valence-electron chi connectivity index (χ0n) is 21.8. The number of anilines is 2. The third-order valence-corrected chi connectivity index (χ3v) is 6.12. The van der Waals surface area contributed by atoms with E-state index in [2.05, 4.69) is 29.8 Å². The van der Waals surface area contributed by atoms with Crippen molar-refractivity contribution in [3.05, 3.63) is 70.8 Å². The van der Waals surface area contributed by atoms with E-state index in [-0.39, 0.29) is 5.56 Å². The van der Waals surface area contributed by atoms with Crippen LogP contribution in [0.4, 0.5) is 16.2 Å². The molecule has 0 unspecified atom stereocenters. The summed E-state index contributed by atoms with van der Waals surface area (Å²) in [6.07, 6.45) is 1.21. The summed E-state index contributed by atoms with van der Waals surface area (Å²) < 4.78 is 4.91. The molecule has 0 aliphatic heterocycles. The molecule has 0 fully saturated rings. The fraction of sp³-hybridized carbons (Fsp3) is 0.345. The molecular weight excluding hydrogens is 454 g/mol. The maximum atomic E-state index is 13.4. The van der Waals surface area contributed by atoms with Gasteiger partial charge < -0.3 is 20.7 Å². The number of esters is 1. The zero-order chi connectivity index (χ0) is 26.4. The van der Waals surface area contributed by atoms with Crippen LogP contribution in [0.5, 0.6) is 0 Å². The van der Waals surface area contributed by atoms with Crippen LogP contribution in [-0.4, -0.2) is 31.1 Å². The van der Waals surface area contributed by atoms with Crippen molar-refractivity contribution in [3.63, 3.8) is 0 Å². The van der Waals surface area contributed by atoms with Gasteiger partial charge in [0.25, 0.3) is 5.91 Å². The van der Waals surface area contributed by atoms with Crippen LogP contribution in [-0.2, 0) is 9.53 Å². The Hall–Kier alpha value is -3.87. The number of fused-ring (bicyclic) bond motifs is 1. The molecule has 0 aliphatic rings. The largest absolute Gasteiger partial charge is 0.467 e. The van der Waals surface area contributed by atoms with Gasteiger partial charge in [-0.2, -0.15) is 0 Å². The Morgan fingerprint density at radius 2 is 1.47 bits per heavy atom. The zero-order valence-corrected chi connectivity index (χ0v) is 21.8. The highest BCUT2D eigenvalue weighted by Crippen LogP contribution is 2.26. The molecule has 7 heteroatoms. The number of ether oxygens (including phenoxy) is 1. The molecule has 3 aromatic carbocycles. The molecule has 0 aliphatic carbocycles. The first-order chi connectivity index (χ1) is 17.1. The van der Waals surface area contributed by atoms with E-state index in [0.29, 0.717) is 18.0 Å². The van der Waals surface area contributed by atoms with Gasteiger partial charge in [-0.05, 0) is 73.6 Å². The van der Waals surface area contributed by atoms with E-state index >= 15 is 0 Å². The van der Waals surface area contributed by atoms with Crippen LogP contribution in [0.3, 0.4) is 0 Å². The van der Waals surface area contributed by atoms with Gasteiger partial charge in [-0.1, -0.05) is 55.8 Å². The van der Waals surface area contributed by atoms with Crippen molar-refractivity contribution in [1.29, 1.82) is 0 Å². The fourth-order valence-electron chi connectivity index (χ4n) is 4.30. The minimum Gasteiger partial charge on any atom is -0.467 e. The van der Waals surface area contributed by atoms with Gasteiger partial charge in [0.1, 0.15) is 6.04 Å². The molecule has 0 saturated heterocycles. The topological polar surface area (TPSA) is 96.5 Å². The summed E-state index contributed by atoms with van der Waals surface area (Å²) in [5.74, 6) is -0.593. The number of nitrogens with one attached hydrogen (secondary N) is 3. The summed E-state index contributed by atoms with van der Waals surface area (Å²) in [5, 5.41) is 10.3. The van der Waals surface area contributed by atoms with Crippen LogP contribution in [0.2, 0.25) is 0 Å². The first-order valence-electron chi connectivity index (χ1n) is 12.2. The first kappa shape index (κ1) is 26.7. The number of amides is 3. The molecule has 0 bridgehead atoms. The first-order valence-corrected chi connectivity index (χ1v) is 12.2. The Bertz CT molecular complexity index is 1260. The van der Waals surface area contributed by atoms with Crippen LogP contribution in [0, 0.1) is 26.7 Å². The molecule has 3 amide bonds. The molecule has 190 valence electrons. The Morgan fingerprint density at radius 3 is 2.06 bits per heavy atom. The van der Waals surface area contributed by atoms with Gasteiger partial charge in [-0.3, -0.25) is 4.79 Å². The summed E-state index contributed by atoms with van der Waals surface area (Å²) in [6.45, 7) is 9.99. The number of carbonyl (C=O) groups is 3. The van der Waals surface area contributed by atoms with Crippen LogP contribution in [0.15, 0.2) is 48.5 Å². The van der Waals surface area contributed by atoms with Crippen molar-refractivity contribution in [2.45, 2.75) is 53.5 Å². The van der Waals surface area contributed by atoms with Gasteiger partial charge in [0, 0.05) is 5.69 Å². The van der Waals surface area contributed by atoms with Crippen LogP contribution >= 0.6 is 0 Å². The van der Waals surface area contributed by atoms with E-state index in [1.165, 1.54) is 7.11 Å². The third kappa shape index (κ3) is 6.62. The lowest BCUT2D eigenvalue weighted by atomic mass is 10.0. The number of benzene rings is 3. The highest BCUT2D eigenvalue weighted by molar-refractivity contribution is 6.10.